The molecule has 102 valence electrons. The van der Waals surface area contributed by atoms with Gasteiger partial charge in [-0.05, 0) is 30.7 Å². The first-order chi connectivity index (χ1) is 9.22. The summed E-state index contributed by atoms with van der Waals surface area (Å²) in [5.41, 5.74) is 6.45. The molecule has 2 rings (SSSR count). The summed E-state index contributed by atoms with van der Waals surface area (Å²) in [5.74, 6) is 8.22. The van der Waals surface area contributed by atoms with Crippen molar-refractivity contribution < 1.29 is 4.79 Å². The third kappa shape index (κ3) is 3.75. The van der Waals surface area contributed by atoms with Crippen LogP contribution in [-0.2, 0) is 0 Å². The summed E-state index contributed by atoms with van der Waals surface area (Å²) >= 11 is 3.41. The predicted molar refractivity (Wildman–Crippen MR) is 82.8 cm³/mol. The minimum Gasteiger partial charge on any atom is -0.337 e. The van der Waals surface area contributed by atoms with E-state index in [-0.39, 0.29) is 5.91 Å². The maximum Gasteiger partial charge on any atom is 0.264 e. The van der Waals surface area contributed by atoms with Gasteiger partial charge >= 0.3 is 0 Å². The van der Waals surface area contributed by atoms with E-state index in [4.69, 9.17) is 5.73 Å². The Morgan fingerprint density at radius 3 is 3.11 bits per heavy atom. The molecule has 1 saturated heterocycles. The Morgan fingerprint density at radius 2 is 2.32 bits per heavy atom. The Balaban J connectivity index is 2.14. The van der Waals surface area contributed by atoms with E-state index in [1.54, 1.807) is 0 Å². The van der Waals surface area contributed by atoms with E-state index in [0.717, 1.165) is 46.3 Å². The van der Waals surface area contributed by atoms with E-state index in [9.17, 15) is 4.79 Å². The zero-order valence-corrected chi connectivity index (χ0v) is 12.7. The summed E-state index contributed by atoms with van der Waals surface area (Å²) in [6.07, 6.45) is 1.08. The summed E-state index contributed by atoms with van der Waals surface area (Å²) < 4.78 is 0. The highest BCUT2D eigenvalue weighted by atomic mass is 32.2. The van der Waals surface area contributed by atoms with Gasteiger partial charge in [0, 0.05) is 18.8 Å². The topological polar surface area (TPSA) is 46.3 Å². The second-order valence-corrected chi connectivity index (χ2v) is 6.66. The van der Waals surface area contributed by atoms with Crippen LogP contribution in [0.25, 0.3) is 0 Å². The minimum atomic E-state index is 0.149. The molecule has 0 atom stereocenters. The number of carbonyl (C=O) groups is 1. The quantitative estimate of drug-likeness (QED) is 0.805. The van der Waals surface area contributed by atoms with E-state index in [1.807, 2.05) is 29.7 Å². The number of nitrogens with two attached hydrogens (primary N) is 1. The normalized spacial score (nSPS) is 15.6. The van der Waals surface area contributed by atoms with Crippen LogP contribution in [0.1, 0.15) is 26.5 Å². The molecule has 2 heterocycles. The van der Waals surface area contributed by atoms with E-state index in [0.29, 0.717) is 6.54 Å². The zero-order valence-electron chi connectivity index (χ0n) is 11.1. The minimum absolute atomic E-state index is 0.149. The van der Waals surface area contributed by atoms with Crippen LogP contribution in [0.4, 0.5) is 0 Å². The molecule has 0 radical (unpaired) electrons. The molecule has 1 aliphatic rings. The largest absolute Gasteiger partial charge is 0.337 e. The van der Waals surface area contributed by atoms with Crippen LogP contribution in [0, 0.1) is 18.8 Å². The maximum absolute atomic E-state index is 12.4. The van der Waals surface area contributed by atoms with Crippen molar-refractivity contribution in [1.82, 2.24) is 4.90 Å². The molecule has 0 spiro atoms. The molecular formula is C14H18N2OS2. The van der Waals surface area contributed by atoms with Crippen LogP contribution in [-0.4, -0.2) is 41.9 Å². The first-order valence-electron chi connectivity index (χ1n) is 6.38. The van der Waals surface area contributed by atoms with Crippen LogP contribution >= 0.6 is 23.1 Å². The summed E-state index contributed by atoms with van der Waals surface area (Å²) in [5, 5.41) is 0. The number of hydrogen-bond donors (Lipinski definition) is 1. The number of thioether (sulfide) groups is 1. The molecule has 0 bridgehead atoms. The zero-order chi connectivity index (χ0) is 13.7. The number of amides is 1. The van der Waals surface area contributed by atoms with Crippen LogP contribution in [0.3, 0.4) is 0 Å². The maximum atomic E-state index is 12.4. The second-order valence-electron chi connectivity index (χ2n) is 4.39. The molecule has 1 aromatic rings. The van der Waals surface area contributed by atoms with Crippen molar-refractivity contribution in [3.8, 4) is 11.8 Å². The summed E-state index contributed by atoms with van der Waals surface area (Å²) in [6.45, 7) is 4.06. The first-order valence-corrected chi connectivity index (χ1v) is 8.36. The van der Waals surface area contributed by atoms with E-state index < -0.39 is 0 Å². The summed E-state index contributed by atoms with van der Waals surface area (Å²) in [4.78, 5) is 16.2. The van der Waals surface area contributed by atoms with Gasteiger partial charge in [0.2, 0.25) is 0 Å². The number of rotatable bonds is 1. The van der Waals surface area contributed by atoms with Gasteiger partial charge in [-0.2, -0.15) is 11.8 Å². The van der Waals surface area contributed by atoms with E-state index in [1.165, 1.54) is 11.3 Å². The summed E-state index contributed by atoms with van der Waals surface area (Å²) in [6, 6.07) is 1.95. The van der Waals surface area contributed by atoms with Crippen LogP contribution < -0.4 is 5.73 Å². The third-order valence-corrected chi connectivity index (χ3v) is 5.13. The van der Waals surface area contributed by atoms with E-state index >= 15 is 0 Å². The molecule has 5 heteroatoms. The van der Waals surface area contributed by atoms with Gasteiger partial charge in [0.1, 0.15) is 0 Å². The Bertz CT molecular complexity index is 505. The molecule has 19 heavy (non-hydrogen) atoms. The van der Waals surface area contributed by atoms with Gasteiger partial charge in [-0.3, -0.25) is 4.79 Å². The van der Waals surface area contributed by atoms with E-state index in [2.05, 4.69) is 11.8 Å². The number of aryl methyl sites for hydroxylation is 1. The van der Waals surface area contributed by atoms with Crippen molar-refractivity contribution in [3.63, 3.8) is 0 Å². The van der Waals surface area contributed by atoms with Crippen molar-refractivity contribution in [1.29, 1.82) is 0 Å². The van der Waals surface area contributed by atoms with Gasteiger partial charge in [-0.25, -0.2) is 0 Å². The highest BCUT2D eigenvalue weighted by Crippen LogP contribution is 2.23. The van der Waals surface area contributed by atoms with Crippen LogP contribution in [0.2, 0.25) is 0 Å². The number of thiophene rings is 1. The lowest BCUT2D eigenvalue weighted by atomic mass is 10.2. The first kappa shape index (κ1) is 14.4. The molecule has 0 aromatic carbocycles. The average Bonchev–Trinajstić information content (AvgIpc) is 2.64. The van der Waals surface area contributed by atoms with Crippen molar-refractivity contribution in [2.24, 2.45) is 5.73 Å². The lowest BCUT2D eigenvalue weighted by Crippen LogP contribution is -2.32. The lowest BCUT2D eigenvalue weighted by Gasteiger charge is -2.18. The molecular weight excluding hydrogens is 276 g/mol. The van der Waals surface area contributed by atoms with Gasteiger partial charge < -0.3 is 10.6 Å². The molecule has 1 aliphatic heterocycles. The Labute approximate surface area is 122 Å². The summed E-state index contributed by atoms with van der Waals surface area (Å²) in [7, 11) is 0. The Hall–Kier alpha value is -0.960. The average molecular weight is 294 g/mol. The van der Waals surface area contributed by atoms with Gasteiger partial charge in [0.05, 0.1) is 16.3 Å². The Morgan fingerprint density at radius 1 is 1.47 bits per heavy atom. The SMILES string of the molecule is Cc1cc(C(=O)N2CCCSCC2)sc1C#CCN. The molecule has 1 fully saturated rings. The fraction of sp³-hybridized carbons (Fsp3) is 0.500. The highest BCUT2D eigenvalue weighted by molar-refractivity contribution is 7.99. The molecule has 3 nitrogen and oxygen atoms in total. The Kier molecular flexibility index (Phi) is 5.32. The van der Waals surface area contributed by atoms with Gasteiger partial charge in [0.15, 0.2) is 0 Å². The van der Waals surface area contributed by atoms with Gasteiger partial charge in [-0.15, -0.1) is 11.3 Å². The molecule has 1 amide bonds. The smallest absolute Gasteiger partial charge is 0.264 e. The molecule has 0 saturated carbocycles. The fourth-order valence-corrected chi connectivity index (χ4v) is 3.85. The van der Waals surface area contributed by atoms with Crippen molar-refractivity contribution in [2.45, 2.75) is 13.3 Å². The van der Waals surface area contributed by atoms with Gasteiger partial charge in [-0.1, -0.05) is 11.8 Å². The fourth-order valence-electron chi connectivity index (χ4n) is 1.95. The van der Waals surface area contributed by atoms with Gasteiger partial charge in [0.25, 0.3) is 5.91 Å². The third-order valence-electron chi connectivity index (χ3n) is 2.94. The monoisotopic (exact) mass is 294 g/mol. The number of nitrogens with zero attached hydrogens (tertiary/aromatic N) is 1. The number of carbonyl (C=O) groups excluding carboxylic acids is 1. The lowest BCUT2D eigenvalue weighted by molar-refractivity contribution is 0.0773. The molecule has 1 aromatic heterocycles. The standard InChI is InChI=1S/C14H18N2OS2/c1-11-10-13(19-12(11)4-2-5-15)14(17)16-6-3-8-18-9-7-16/h10H,3,5-9,15H2,1H3. The van der Waals surface area contributed by atoms with Crippen LogP contribution in [0.15, 0.2) is 6.07 Å². The van der Waals surface area contributed by atoms with Crippen molar-refractivity contribution in [2.75, 3.05) is 31.1 Å². The molecule has 0 aliphatic carbocycles. The predicted octanol–water partition coefficient (Wildman–Crippen LogP) is 1.95. The van der Waals surface area contributed by atoms with Crippen molar-refractivity contribution in [3.05, 3.63) is 21.4 Å². The number of hydrogen-bond acceptors (Lipinski definition) is 4. The highest BCUT2D eigenvalue weighted by Gasteiger charge is 2.19. The van der Waals surface area contributed by atoms with Crippen LogP contribution in [0.5, 0.6) is 0 Å². The molecule has 2 N–H and O–H groups in total. The second kappa shape index (κ2) is 6.99. The molecule has 0 unspecified atom stereocenters. The van der Waals surface area contributed by atoms with Crippen molar-refractivity contribution >= 4 is 29.0 Å².